The van der Waals surface area contributed by atoms with Gasteiger partial charge in [-0.15, -0.1) is 0 Å². The van der Waals surface area contributed by atoms with Gasteiger partial charge in [0.05, 0.1) is 6.20 Å². The molecule has 106 valence electrons. The second kappa shape index (κ2) is 7.49. The largest absolute Gasteiger partial charge is 0.314 e. The van der Waals surface area contributed by atoms with Crippen LogP contribution in [0.15, 0.2) is 24.0 Å². The molecular formula is C16H27N3. The number of rotatable bonds is 7. The van der Waals surface area contributed by atoms with Crippen LogP contribution in [-0.4, -0.2) is 22.4 Å². The third-order valence-corrected chi connectivity index (χ3v) is 3.93. The summed E-state index contributed by atoms with van der Waals surface area (Å²) in [5, 5.41) is 7.88. The SMILES string of the molecule is CCNC(CCc1cnn(C)c1)CC1=CCCCC1. The molecule has 1 heterocycles. The minimum absolute atomic E-state index is 0.620. The molecule has 1 aliphatic rings. The zero-order valence-electron chi connectivity index (χ0n) is 12.4. The van der Waals surface area contributed by atoms with Crippen molar-refractivity contribution in [2.45, 2.75) is 57.9 Å². The van der Waals surface area contributed by atoms with Gasteiger partial charge in [0.15, 0.2) is 0 Å². The van der Waals surface area contributed by atoms with Crippen molar-refractivity contribution < 1.29 is 0 Å². The highest BCUT2D eigenvalue weighted by atomic mass is 15.2. The van der Waals surface area contributed by atoms with Gasteiger partial charge < -0.3 is 5.32 Å². The van der Waals surface area contributed by atoms with Gasteiger partial charge in [-0.25, -0.2) is 0 Å². The molecule has 0 aliphatic heterocycles. The minimum Gasteiger partial charge on any atom is -0.314 e. The van der Waals surface area contributed by atoms with Crippen LogP contribution >= 0.6 is 0 Å². The third kappa shape index (κ3) is 4.83. The van der Waals surface area contributed by atoms with E-state index >= 15 is 0 Å². The molecule has 0 aromatic carbocycles. The molecule has 1 aromatic heterocycles. The number of allylic oxidation sites excluding steroid dienone is 1. The van der Waals surface area contributed by atoms with Crippen molar-refractivity contribution in [2.75, 3.05) is 6.54 Å². The highest BCUT2D eigenvalue weighted by Gasteiger charge is 2.12. The first-order valence-corrected chi connectivity index (χ1v) is 7.66. The van der Waals surface area contributed by atoms with Crippen LogP contribution in [0.2, 0.25) is 0 Å². The Morgan fingerprint density at radius 1 is 1.42 bits per heavy atom. The summed E-state index contributed by atoms with van der Waals surface area (Å²) in [6, 6.07) is 0.620. The molecule has 0 bridgehead atoms. The van der Waals surface area contributed by atoms with Crippen LogP contribution in [0.5, 0.6) is 0 Å². The Balaban J connectivity index is 1.83. The number of nitrogens with one attached hydrogen (secondary N) is 1. The molecule has 0 saturated carbocycles. The lowest BCUT2D eigenvalue weighted by molar-refractivity contribution is 0.477. The molecule has 0 fully saturated rings. The fraction of sp³-hybridized carbons (Fsp3) is 0.688. The van der Waals surface area contributed by atoms with Crippen molar-refractivity contribution >= 4 is 0 Å². The molecular weight excluding hydrogens is 234 g/mol. The van der Waals surface area contributed by atoms with E-state index in [-0.39, 0.29) is 0 Å². The molecule has 3 heteroatoms. The highest BCUT2D eigenvalue weighted by Crippen LogP contribution is 2.22. The first-order chi connectivity index (χ1) is 9.28. The van der Waals surface area contributed by atoms with Crippen LogP contribution in [0.4, 0.5) is 0 Å². The predicted molar refractivity (Wildman–Crippen MR) is 80.2 cm³/mol. The molecule has 1 aromatic rings. The quantitative estimate of drug-likeness (QED) is 0.764. The van der Waals surface area contributed by atoms with Gasteiger partial charge in [0.25, 0.3) is 0 Å². The van der Waals surface area contributed by atoms with E-state index in [0.717, 1.165) is 13.0 Å². The summed E-state index contributed by atoms with van der Waals surface area (Å²) < 4.78 is 1.89. The van der Waals surface area contributed by atoms with E-state index in [4.69, 9.17) is 0 Å². The number of aromatic nitrogens is 2. The summed E-state index contributed by atoms with van der Waals surface area (Å²) in [7, 11) is 1.98. The summed E-state index contributed by atoms with van der Waals surface area (Å²) in [6.07, 6.45) is 15.5. The van der Waals surface area contributed by atoms with Crippen molar-refractivity contribution in [1.29, 1.82) is 0 Å². The van der Waals surface area contributed by atoms with Crippen LogP contribution in [0.25, 0.3) is 0 Å². The van der Waals surface area contributed by atoms with Gasteiger partial charge in [-0.3, -0.25) is 4.68 Å². The maximum absolute atomic E-state index is 4.24. The van der Waals surface area contributed by atoms with Crippen molar-refractivity contribution in [1.82, 2.24) is 15.1 Å². The van der Waals surface area contributed by atoms with Gasteiger partial charge in [-0.1, -0.05) is 18.6 Å². The van der Waals surface area contributed by atoms with Crippen molar-refractivity contribution in [2.24, 2.45) is 7.05 Å². The topological polar surface area (TPSA) is 29.9 Å². The highest BCUT2D eigenvalue weighted by molar-refractivity contribution is 5.08. The van der Waals surface area contributed by atoms with Crippen LogP contribution in [0, 0.1) is 0 Å². The van der Waals surface area contributed by atoms with Crippen molar-refractivity contribution in [3.8, 4) is 0 Å². The Morgan fingerprint density at radius 2 is 2.32 bits per heavy atom. The van der Waals surface area contributed by atoms with Gasteiger partial charge in [-0.2, -0.15) is 5.10 Å². The zero-order chi connectivity index (χ0) is 13.5. The number of hydrogen-bond acceptors (Lipinski definition) is 2. The zero-order valence-corrected chi connectivity index (χ0v) is 12.4. The normalized spacial score (nSPS) is 17.3. The summed E-state index contributed by atoms with van der Waals surface area (Å²) >= 11 is 0. The average molecular weight is 261 g/mol. The van der Waals surface area contributed by atoms with E-state index in [2.05, 4.69) is 29.6 Å². The lowest BCUT2D eigenvalue weighted by atomic mass is 9.92. The van der Waals surface area contributed by atoms with E-state index in [9.17, 15) is 0 Å². The number of aryl methyl sites for hydroxylation is 2. The third-order valence-electron chi connectivity index (χ3n) is 3.93. The molecule has 2 rings (SSSR count). The standard InChI is InChI=1S/C16H27N3/c1-3-17-16(11-14-7-5-4-6-8-14)10-9-15-12-18-19(2)13-15/h7,12-13,16-17H,3-6,8-11H2,1-2H3. The number of hydrogen-bond donors (Lipinski definition) is 1. The molecule has 19 heavy (non-hydrogen) atoms. The Labute approximate surface area is 117 Å². The van der Waals surface area contributed by atoms with E-state index in [1.54, 1.807) is 5.57 Å². The molecule has 1 atom stereocenters. The monoisotopic (exact) mass is 261 g/mol. The maximum Gasteiger partial charge on any atom is 0.0521 e. The molecule has 1 unspecified atom stereocenters. The van der Waals surface area contributed by atoms with Crippen LogP contribution in [0.1, 0.15) is 51.0 Å². The fourth-order valence-electron chi connectivity index (χ4n) is 2.91. The van der Waals surface area contributed by atoms with Crippen molar-refractivity contribution in [3.05, 3.63) is 29.6 Å². The smallest absolute Gasteiger partial charge is 0.0521 e. The Bertz CT molecular complexity index is 406. The molecule has 0 spiro atoms. The van der Waals surface area contributed by atoms with Gasteiger partial charge in [0, 0.05) is 19.3 Å². The lowest BCUT2D eigenvalue weighted by Gasteiger charge is -2.21. The Kier molecular flexibility index (Phi) is 5.64. The molecule has 1 N–H and O–H groups in total. The second-order valence-electron chi connectivity index (χ2n) is 5.63. The molecule has 0 amide bonds. The van der Waals surface area contributed by atoms with E-state index in [1.807, 2.05) is 17.9 Å². The minimum atomic E-state index is 0.620. The average Bonchev–Trinajstić information content (AvgIpc) is 2.83. The molecule has 0 saturated heterocycles. The van der Waals surface area contributed by atoms with Crippen LogP contribution in [0.3, 0.4) is 0 Å². The lowest BCUT2D eigenvalue weighted by Crippen LogP contribution is -2.30. The Morgan fingerprint density at radius 3 is 2.95 bits per heavy atom. The number of nitrogens with zero attached hydrogens (tertiary/aromatic N) is 2. The summed E-state index contributed by atoms with van der Waals surface area (Å²) in [5.41, 5.74) is 3.02. The van der Waals surface area contributed by atoms with E-state index < -0.39 is 0 Å². The van der Waals surface area contributed by atoms with Crippen LogP contribution in [-0.2, 0) is 13.5 Å². The summed E-state index contributed by atoms with van der Waals surface area (Å²) in [4.78, 5) is 0. The van der Waals surface area contributed by atoms with Gasteiger partial charge in [0.1, 0.15) is 0 Å². The van der Waals surface area contributed by atoms with Gasteiger partial charge in [-0.05, 0) is 57.1 Å². The van der Waals surface area contributed by atoms with E-state index in [1.165, 1.54) is 44.1 Å². The van der Waals surface area contributed by atoms with Crippen LogP contribution < -0.4 is 5.32 Å². The van der Waals surface area contributed by atoms with E-state index in [0.29, 0.717) is 6.04 Å². The fourth-order valence-corrected chi connectivity index (χ4v) is 2.91. The first-order valence-electron chi connectivity index (χ1n) is 7.66. The van der Waals surface area contributed by atoms with Gasteiger partial charge in [0.2, 0.25) is 0 Å². The molecule has 1 aliphatic carbocycles. The first kappa shape index (κ1) is 14.3. The predicted octanol–water partition coefficient (Wildman–Crippen LogP) is 3.22. The maximum atomic E-state index is 4.24. The summed E-state index contributed by atoms with van der Waals surface area (Å²) in [6.45, 7) is 3.26. The summed E-state index contributed by atoms with van der Waals surface area (Å²) in [5.74, 6) is 0. The van der Waals surface area contributed by atoms with Gasteiger partial charge >= 0.3 is 0 Å². The van der Waals surface area contributed by atoms with Crippen molar-refractivity contribution in [3.63, 3.8) is 0 Å². The molecule has 0 radical (unpaired) electrons. The molecule has 3 nitrogen and oxygen atoms in total. The Hall–Kier alpha value is -1.09. The second-order valence-corrected chi connectivity index (χ2v) is 5.63.